The van der Waals surface area contributed by atoms with E-state index in [2.05, 4.69) is 11.9 Å². The zero-order valence-corrected chi connectivity index (χ0v) is 7.14. The van der Waals surface area contributed by atoms with Crippen LogP contribution in [0.1, 0.15) is 20.3 Å². The van der Waals surface area contributed by atoms with Crippen LogP contribution in [0.5, 0.6) is 0 Å². The summed E-state index contributed by atoms with van der Waals surface area (Å²) in [5.41, 5.74) is 0. The maximum absolute atomic E-state index is 10.8. The number of hydrogen-bond donors (Lipinski definition) is 1. The van der Waals surface area contributed by atoms with Crippen LogP contribution in [0.15, 0.2) is 12.3 Å². The Kier molecular flexibility index (Phi) is 5.25. The topological polar surface area (TPSA) is 38.3 Å². The molecule has 0 rings (SSSR count). The molecule has 0 atom stereocenters. The highest BCUT2D eigenvalue weighted by Gasteiger charge is 1.97. The van der Waals surface area contributed by atoms with Gasteiger partial charge in [0.2, 0.25) is 5.91 Å². The fraction of sp³-hybridized carbons (Fsp3) is 0.625. The largest absolute Gasteiger partial charge is 0.498 e. The van der Waals surface area contributed by atoms with Gasteiger partial charge in [-0.3, -0.25) is 4.79 Å². The molecule has 3 nitrogen and oxygen atoms in total. The molecule has 0 aliphatic rings. The van der Waals surface area contributed by atoms with Crippen LogP contribution in [0.3, 0.4) is 0 Å². The van der Waals surface area contributed by atoms with Crippen molar-refractivity contribution in [2.45, 2.75) is 20.3 Å². The van der Waals surface area contributed by atoms with Crippen molar-refractivity contribution < 1.29 is 9.53 Å². The van der Waals surface area contributed by atoms with Crippen molar-refractivity contribution in [2.75, 3.05) is 13.2 Å². The standard InChI is InChI=1S/C8H15NO2/c1-4-9-8(10)5-6-11-7(2)3/h2,4-6H2,1,3H3,(H,9,10). The van der Waals surface area contributed by atoms with Crippen molar-refractivity contribution in [3.8, 4) is 0 Å². The third kappa shape index (κ3) is 6.90. The van der Waals surface area contributed by atoms with Gasteiger partial charge in [-0.2, -0.15) is 0 Å². The summed E-state index contributed by atoms with van der Waals surface area (Å²) >= 11 is 0. The van der Waals surface area contributed by atoms with E-state index < -0.39 is 0 Å². The van der Waals surface area contributed by atoms with Gasteiger partial charge in [0.1, 0.15) is 0 Å². The molecule has 64 valence electrons. The fourth-order valence-electron chi connectivity index (χ4n) is 0.604. The van der Waals surface area contributed by atoms with Gasteiger partial charge in [0.15, 0.2) is 0 Å². The Hall–Kier alpha value is -0.990. The maximum Gasteiger partial charge on any atom is 0.223 e. The van der Waals surface area contributed by atoms with Crippen LogP contribution < -0.4 is 5.32 Å². The van der Waals surface area contributed by atoms with Crippen molar-refractivity contribution in [3.05, 3.63) is 12.3 Å². The number of carbonyl (C=O) groups excluding carboxylic acids is 1. The minimum atomic E-state index is 0.0220. The lowest BCUT2D eigenvalue weighted by atomic mass is 10.4. The summed E-state index contributed by atoms with van der Waals surface area (Å²) in [7, 11) is 0. The molecule has 0 saturated heterocycles. The molecule has 0 aliphatic heterocycles. The van der Waals surface area contributed by atoms with E-state index in [-0.39, 0.29) is 5.91 Å². The number of ether oxygens (including phenoxy) is 1. The normalized spacial score (nSPS) is 8.91. The lowest BCUT2D eigenvalue weighted by molar-refractivity contribution is -0.121. The molecule has 0 aromatic carbocycles. The summed E-state index contributed by atoms with van der Waals surface area (Å²) in [5.74, 6) is 0.669. The maximum atomic E-state index is 10.8. The molecular formula is C8H15NO2. The van der Waals surface area contributed by atoms with Crippen LogP contribution in [0.4, 0.5) is 0 Å². The third-order valence-corrected chi connectivity index (χ3v) is 1.05. The molecule has 3 heteroatoms. The molecule has 1 amide bonds. The molecule has 0 unspecified atom stereocenters. The fourth-order valence-corrected chi connectivity index (χ4v) is 0.604. The average Bonchev–Trinajstić information content (AvgIpc) is 1.87. The molecule has 0 radical (unpaired) electrons. The number of hydrogen-bond acceptors (Lipinski definition) is 2. The third-order valence-electron chi connectivity index (χ3n) is 1.05. The summed E-state index contributed by atoms with van der Waals surface area (Å²) < 4.78 is 5.00. The van der Waals surface area contributed by atoms with E-state index in [4.69, 9.17) is 4.74 Å². The average molecular weight is 157 g/mol. The van der Waals surface area contributed by atoms with Crippen LogP contribution in [0.25, 0.3) is 0 Å². The Labute approximate surface area is 67.4 Å². The number of carbonyl (C=O) groups is 1. The summed E-state index contributed by atoms with van der Waals surface area (Å²) in [6.07, 6.45) is 0.403. The smallest absolute Gasteiger partial charge is 0.223 e. The van der Waals surface area contributed by atoms with E-state index in [9.17, 15) is 4.79 Å². The summed E-state index contributed by atoms with van der Waals surface area (Å²) in [6, 6.07) is 0. The quantitative estimate of drug-likeness (QED) is 0.606. The number of allylic oxidation sites excluding steroid dienone is 1. The Bertz CT molecular complexity index is 143. The first kappa shape index (κ1) is 10.0. The molecule has 11 heavy (non-hydrogen) atoms. The van der Waals surface area contributed by atoms with E-state index in [1.807, 2.05) is 6.92 Å². The van der Waals surface area contributed by atoms with Crippen LogP contribution >= 0.6 is 0 Å². The molecule has 0 fully saturated rings. The van der Waals surface area contributed by atoms with E-state index >= 15 is 0 Å². The van der Waals surface area contributed by atoms with Gasteiger partial charge in [0.25, 0.3) is 0 Å². The molecule has 0 saturated carbocycles. The zero-order chi connectivity index (χ0) is 8.69. The first-order valence-electron chi connectivity index (χ1n) is 3.71. The highest BCUT2D eigenvalue weighted by atomic mass is 16.5. The second-order valence-electron chi connectivity index (χ2n) is 2.25. The molecule has 1 N–H and O–H groups in total. The first-order valence-corrected chi connectivity index (χ1v) is 3.71. The zero-order valence-electron chi connectivity index (χ0n) is 7.14. The minimum Gasteiger partial charge on any atom is -0.498 e. The van der Waals surface area contributed by atoms with Gasteiger partial charge in [-0.15, -0.1) is 0 Å². The van der Waals surface area contributed by atoms with Gasteiger partial charge in [0, 0.05) is 6.54 Å². The lowest BCUT2D eigenvalue weighted by Crippen LogP contribution is -2.23. The van der Waals surface area contributed by atoms with Crippen molar-refractivity contribution >= 4 is 5.91 Å². The van der Waals surface area contributed by atoms with E-state index in [1.54, 1.807) is 6.92 Å². The van der Waals surface area contributed by atoms with Gasteiger partial charge in [-0.1, -0.05) is 6.58 Å². The van der Waals surface area contributed by atoms with Crippen LogP contribution in [0, 0.1) is 0 Å². The first-order chi connectivity index (χ1) is 5.16. The second kappa shape index (κ2) is 5.77. The molecule has 0 aromatic rings. The Morgan fingerprint density at radius 2 is 2.27 bits per heavy atom. The predicted molar refractivity (Wildman–Crippen MR) is 44.1 cm³/mol. The molecule has 0 spiro atoms. The molecule has 0 aliphatic carbocycles. The van der Waals surface area contributed by atoms with Crippen LogP contribution in [-0.4, -0.2) is 19.1 Å². The van der Waals surface area contributed by atoms with Crippen molar-refractivity contribution in [1.82, 2.24) is 5.32 Å². The minimum absolute atomic E-state index is 0.0220. The van der Waals surface area contributed by atoms with E-state index in [0.29, 0.717) is 25.3 Å². The number of nitrogens with one attached hydrogen (secondary N) is 1. The highest BCUT2D eigenvalue weighted by Crippen LogP contribution is 1.91. The number of rotatable bonds is 5. The second-order valence-corrected chi connectivity index (χ2v) is 2.25. The molecule has 0 bridgehead atoms. The molecule has 0 aromatic heterocycles. The summed E-state index contributed by atoms with van der Waals surface area (Å²) in [5, 5.41) is 2.67. The Balaban J connectivity index is 3.24. The van der Waals surface area contributed by atoms with E-state index in [1.165, 1.54) is 0 Å². The Morgan fingerprint density at radius 1 is 1.64 bits per heavy atom. The highest BCUT2D eigenvalue weighted by molar-refractivity contribution is 5.75. The summed E-state index contributed by atoms with van der Waals surface area (Å²) in [6.45, 7) is 8.28. The Morgan fingerprint density at radius 3 is 2.73 bits per heavy atom. The SMILES string of the molecule is C=C(C)OCCC(=O)NCC. The van der Waals surface area contributed by atoms with Gasteiger partial charge in [-0.25, -0.2) is 0 Å². The summed E-state index contributed by atoms with van der Waals surface area (Å²) in [4.78, 5) is 10.8. The van der Waals surface area contributed by atoms with Crippen molar-refractivity contribution in [1.29, 1.82) is 0 Å². The van der Waals surface area contributed by atoms with Gasteiger partial charge < -0.3 is 10.1 Å². The van der Waals surface area contributed by atoms with E-state index in [0.717, 1.165) is 0 Å². The van der Waals surface area contributed by atoms with Crippen LogP contribution in [0.2, 0.25) is 0 Å². The number of amides is 1. The van der Waals surface area contributed by atoms with Gasteiger partial charge in [0.05, 0.1) is 18.8 Å². The molecule has 0 heterocycles. The predicted octanol–water partition coefficient (Wildman–Crippen LogP) is 1.06. The van der Waals surface area contributed by atoms with Gasteiger partial charge in [-0.05, 0) is 13.8 Å². The monoisotopic (exact) mass is 157 g/mol. The van der Waals surface area contributed by atoms with Crippen molar-refractivity contribution in [3.63, 3.8) is 0 Å². The lowest BCUT2D eigenvalue weighted by Gasteiger charge is -2.04. The van der Waals surface area contributed by atoms with Gasteiger partial charge >= 0.3 is 0 Å². The van der Waals surface area contributed by atoms with Crippen molar-refractivity contribution in [2.24, 2.45) is 0 Å². The van der Waals surface area contributed by atoms with Crippen LogP contribution in [-0.2, 0) is 9.53 Å². The molecular weight excluding hydrogens is 142 g/mol.